The van der Waals surface area contributed by atoms with Gasteiger partial charge >= 0.3 is 0 Å². The van der Waals surface area contributed by atoms with Crippen LogP contribution in [0.3, 0.4) is 0 Å². The third-order valence-electron chi connectivity index (χ3n) is 5.35. The first kappa shape index (κ1) is 22.6. The van der Waals surface area contributed by atoms with Crippen LogP contribution in [0.5, 0.6) is 0 Å². The van der Waals surface area contributed by atoms with Gasteiger partial charge in [0, 0.05) is 30.6 Å². The molecule has 7 heteroatoms. The molecule has 0 aromatic heterocycles. The monoisotopic (exact) mass is 408 g/mol. The molecule has 6 nitrogen and oxygen atoms in total. The van der Waals surface area contributed by atoms with E-state index in [1.165, 1.54) is 41.9 Å². The van der Waals surface area contributed by atoms with Crippen LogP contribution in [0.25, 0.3) is 0 Å². The summed E-state index contributed by atoms with van der Waals surface area (Å²) in [6.45, 7) is 6.29. The molecule has 1 amide bonds. The van der Waals surface area contributed by atoms with E-state index in [0.29, 0.717) is 31.5 Å². The molecule has 1 saturated heterocycles. The number of hydrogen-bond donors (Lipinski definition) is 1. The first-order valence-corrected chi connectivity index (χ1v) is 11.6. The maximum absolute atomic E-state index is 12.8. The third-order valence-corrected chi connectivity index (χ3v) is 7.27. The number of nitrogens with zero attached hydrogens (tertiary/aromatic N) is 1. The van der Waals surface area contributed by atoms with Gasteiger partial charge in [0.1, 0.15) is 0 Å². The molecule has 1 aromatic rings. The van der Waals surface area contributed by atoms with Crippen molar-refractivity contribution in [2.45, 2.75) is 70.2 Å². The topological polar surface area (TPSA) is 83.6 Å². The Labute approximate surface area is 168 Å². The lowest BCUT2D eigenvalue weighted by Crippen LogP contribution is -2.44. The van der Waals surface area contributed by atoms with Gasteiger partial charge in [-0.25, -0.2) is 8.42 Å². The van der Waals surface area contributed by atoms with Gasteiger partial charge in [-0.1, -0.05) is 38.3 Å². The zero-order valence-corrected chi connectivity index (χ0v) is 17.9. The average Bonchev–Trinajstić information content (AvgIpc) is 2.68. The molecule has 0 radical (unpaired) electrons. The van der Waals surface area contributed by atoms with Gasteiger partial charge in [0.05, 0.1) is 4.90 Å². The van der Waals surface area contributed by atoms with Gasteiger partial charge in [-0.05, 0) is 45.2 Å². The summed E-state index contributed by atoms with van der Waals surface area (Å²) in [5, 5.41) is 3.07. The van der Waals surface area contributed by atoms with Crippen molar-refractivity contribution in [3.63, 3.8) is 0 Å². The Balaban J connectivity index is 1.89. The number of rotatable bonds is 9. The van der Waals surface area contributed by atoms with Crippen molar-refractivity contribution in [2.75, 3.05) is 13.1 Å². The third kappa shape index (κ3) is 5.88. The quantitative estimate of drug-likeness (QED) is 0.501. The molecule has 1 unspecified atom stereocenters. The highest BCUT2D eigenvalue weighted by atomic mass is 32.2. The minimum atomic E-state index is -3.60. The van der Waals surface area contributed by atoms with Crippen molar-refractivity contribution in [3.8, 4) is 0 Å². The molecule has 0 bridgehead atoms. The van der Waals surface area contributed by atoms with Crippen LogP contribution >= 0.6 is 0 Å². The summed E-state index contributed by atoms with van der Waals surface area (Å²) in [5.41, 5.74) is 0.488. The maximum Gasteiger partial charge on any atom is 0.243 e. The number of sulfonamides is 1. The predicted molar refractivity (Wildman–Crippen MR) is 110 cm³/mol. The summed E-state index contributed by atoms with van der Waals surface area (Å²) < 4.78 is 27.1. The van der Waals surface area contributed by atoms with E-state index < -0.39 is 10.0 Å². The fourth-order valence-electron chi connectivity index (χ4n) is 3.50. The smallest absolute Gasteiger partial charge is 0.243 e. The highest BCUT2D eigenvalue weighted by Crippen LogP contribution is 2.24. The SMILES string of the molecule is CCCCCC(C)NC(=O)C1CCN(S(=O)(=O)c2ccc(C(C)=O)cc2)CC1. The Morgan fingerprint density at radius 2 is 1.75 bits per heavy atom. The van der Waals surface area contributed by atoms with Gasteiger partial charge in [-0.2, -0.15) is 4.31 Å². The van der Waals surface area contributed by atoms with Gasteiger partial charge in [0.15, 0.2) is 5.78 Å². The van der Waals surface area contributed by atoms with E-state index in [-0.39, 0.29) is 28.5 Å². The highest BCUT2D eigenvalue weighted by molar-refractivity contribution is 7.89. The Hall–Kier alpha value is -1.73. The van der Waals surface area contributed by atoms with Crippen LogP contribution in [-0.2, 0) is 14.8 Å². The molecule has 1 aliphatic rings. The van der Waals surface area contributed by atoms with Gasteiger partial charge in [0.2, 0.25) is 15.9 Å². The van der Waals surface area contributed by atoms with E-state index in [1.807, 2.05) is 6.92 Å². The van der Waals surface area contributed by atoms with Crippen LogP contribution in [0.1, 0.15) is 69.7 Å². The van der Waals surface area contributed by atoms with E-state index in [1.54, 1.807) is 0 Å². The van der Waals surface area contributed by atoms with Crippen molar-refractivity contribution in [1.29, 1.82) is 0 Å². The number of benzene rings is 1. The summed E-state index contributed by atoms with van der Waals surface area (Å²) in [4.78, 5) is 24.0. The van der Waals surface area contributed by atoms with Crippen molar-refractivity contribution in [1.82, 2.24) is 9.62 Å². The van der Waals surface area contributed by atoms with Gasteiger partial charge < -0.3 is 5.32 Å². The van der Waals surface area contributed by atoms with Gasteiger partial charge in [0.25, 0.3) is 0 Å². The minimum Gasteiger partial charge on any atom is -0.353 e. The van der Waals surface area contributed by atoms with Crippen LogP contribution in [0, 0.1) is 5.92 Å². The summed E-state index contributed by atoms with van der Waals surface area (Å²) in [6.07, 6.45) is 5.46. The van der Waals surface area contributed by atoms with Crippen molar-refractivity contribution < 1.29 is 18.0 Å². The Bertz CT molecular complexity index is 766. The molecule has 0 aliphatic carbocycles. The number of hydrogen-bond acceptors (Lipinski definition) is 4. The number of ketones is 1. The highest BCUT2D eigenvalue weighted by Gasteiger charge is 2.32. The zero-order valence-electron chi connectivity index (χ0n) is 17.1. The number of unbranched alkanes of at least 4 members (excludes halogenated alkanes) is 2. The zero-order chi connectivity index (χ0) is 20.7. The number of amides is 1. The van der Waals surface area contributed by atoms with Crippen LogP contribution in [0.4, 0.5) is 0 Å². The second-order valence-electron chi connectivity index (χ2n) is 7.66. The summed E-state index contributed by atoms with van der Waals surface area (Å²) in [5.74, 6) is -0.202. The largest absolute Gasteiger partial charge is 0.353 e. The maximum atomic E-state index is 12.8. The number of piperidine rings is 1. The number of carbonyl (C=O) groups is 2. The average molecular weight is 409 g/mol. The minimum absolute atomic E-state index is 0.0341. The number of carbonyl (C=O) groups excluding carboxylic acids is 2. The second-order valence-corrected chi connectivity index (χ2v) is 9.60. The van der Waals surface area contributed by atoms with Gasteiger partial charge in [-0.15, -0.1) is 0 Å². The van der Waals surface area contributed by atoms with Gasteiger partial charge in [-0.3, -0.25) is 9.59 Å². The lowest BCUT2D eigenvalue weighted by molar-refractivity contribution is -0.126. The molecule has 2 rings (SSSR count). The molecule has 156 valence electrons. The fraction of sp³-hybridized carbons (Fsp3) is 0.619. The molecule has 1 aromatic carbocycles. The standard InChI is InChI=1S/C21H32N2O4S/c1-4-5-6-7-16(2)22-21(25)19-12-14-23(15-13-19)28(26,27)20-10-8-18(9-11-20)17(3)24/h8-11,16,19H,4-7,12-15H2,1-3H3,(H,22,25). The van der Waals surface area contributed by atoms with E-state index in [9.17, 15) is 18.0 Å². The van der Waals surface area contributed by atoms with Crippen molar-refractivity contribution in [3.05, 3.63) is 29.8 Å². The van der Waals surface area contributed by atoms with E-state index in [0.717, 1.165) is 19.3 Å². The molecule has 1 fully saturated rings. The van der Waals surface area contributed by atoms with E-state index >= 15 is 0 Å². The molecule has 1 atom stereocenters. The lowest BCUT2D eigenvalue weighted by Gasteiger charge is -2.31. The number of nitrogens with one attached hydrogen (secondary N) is 1. The van der Waals surface area contributed by atoms with Crippen LogP contribution < -0.4 is 5.32 Å². The molecule has 0 saturated carbocycles. The summed E-state index contributed by atoms with van der Waals surface area (Å²) in [6, 6.07) is 6.18. The van der Waals surface area contributed by atoms with Crippen LogP contribution in [0.15, 0.2) is 29.2 Å². The Morgan fingerprint density at radius 1 is 1.14 bits per heavy atom. The first-order valence-electron chi connectivity index (χ1n) is 10.2. The lowest BCUT2D eigenvalue weighted by atomic mass is 9.96. The predicted octanol–water partition coefficient (Wildman–Crippen LogP) is 3.37. The number of Topliss-reactive ketones (excluding diaryl/α,β-unsaturated/α-hetero) is 1. The van der Waals surface area contributed by atoms with Crippen LogP contribution in [0.2, 0.25) is 0 Å². The molecule has 28 heavy (non-hydrogen) atoms. The summed E-state index contributed by atoms with van der Waals surface area (Å²) in [7, 11) is -3.60. The molecule has 0 spiro atoms. The van der Waals surface area contributed by atoms with Crippen molar-refractivity contribution in [2.24, 2.45) is 5.92 Å². The molecule has 1 N–H and O–H groups in total. The fourth-order valence-corrected chi connectivity index (χ4v) is 4.97. The van der Waals surface area contributed by atoms with Crippen molar-refractivity contribution >= 4 is 21.7 Å². The van der Waals surface area contributed by atoms with E-state index in [4.69, 9.17) is 0 Å². The first-order chi connectivity index (χ1) is 13.3. The molecule has 1 aliphatic heterocycles. The van der Waals surface area contributed by atoms with E-state index in [2.05, 4.69) is 12.2 Å². The normalized spacial score (nSPS) is 17.2. The van der Waals surface area contributed by atoms with Crippen LogP contribution in [-0.4, -0.2) is 43.5 Å². The Morgan fingerprint density at radius 3 is 2.29 bits per heavy atom. The molecule has 1 heterocycles. The molecular formula is C21H32N2O4S. The molecular weight excluding hydrogens is 376 g/mol. The Kier molecular flexibility index (Phi) is 8.19. The summed E-state index contributed by atoms with van der Waals surface area (Å²) >= 11 is 0. The second kappa shape index (κ2) is 10.2.